The fourth-order valence-electron chi connectivity index (χ4n) is 2.44. The summed E-state index contributed by atoms with van der Waals surface area (Å²) in [6.45, 7) is 2.99. The number of nitrogens with zero attached hydrogens (tertiary/aromatic N) is 1. The summed E-state index contributed by atoms with van der Waals surface area (Å²) in [6, 6.07) is 7.54. The van der Waals surface area contributed by atoms with Gasteiger partial charge < -0.3 is 15.5 Å². The predicted octanol–water partition coefficient (Wildman–Crippen LogP) is 1.75. The zero-order chi connectivity index (χ0) is 15.2. The van der Waals surface area contributed by atoms with Gasteiger partial charge in [-0.15, -0.1) is 0 Å². The molecule has 21 heavy (non-hydrogen) atoms. The van der Waals surface area contributed by atoms with Gasteiger partial charge in [-0.3, -0.25) is 9.59 Å². The second kappa shape index (κ2) is 7.22. The maximum absolute atomic E-state index is 12.2. The Morgan fingerprint density at radius 2 is 2.19 bits per heavy atom. The maximum atomic E-state index is 12.2. The Kier molecular flexibility index (Phi) is 5.33. The van der Waals surface area contributed by atoms with Gasteiger partial charge in [0, 0.05) is 26.2 Å². The average Bonchev–Trinajstić information content (AvgIpc) is 2.48. The van der Waals surface area contributed by atoms with Gasteiger partial charge in [-0.1, -0.05) is 18.6 Å². The minimum atomic E-state index is -0.0951. The van der Waals surface area contributed by atoms with Crippen LogP contribution in [0.15, 0.2) is 24.3 Å². The van der Waals surface area contributed by atoms with Crippen molar-refractivity contribution >= 4 is 17.5 Å². The molecule has 2 N–H and O–H groups in total. The number of piperidine rings is 1. The number of nitrogens with one attached hydrogen (secondary N) is 2. The van der Waals surface area contributed by atoms with E-state index >= 15 is 0 Å². The van der Waals surface area contributed by atoms with Crippen LogP contribution in [-0.4, -0.2) is 36.3 Å². The van der Waals surface area contributed by atoms with Crippen molar-refractivity contribution in [3.05, 3.63) is 29.8 Å². The Morgan fingerprint density at radius 3 is 2.86 bits per heavy atom. The average molecular weight is 289 g/mol. The molecule has 0 aliphatic carbocycles. The lowest BCUT2D eigenvalue weighted by molar-refractivity contribution is -0.128. The number of carbonyl (C=O) groups is 2. The first-order valence-electron chi connectivity index (χ1n) is 7.41. The third kappa shape index (κ3) is 4.56. The standard InChI is InChI=1S/C16H23N3O2/c1-12(20)19(2)11-13-6-5-7-14(10-13)18-16(21)15-8-3-4-9-17-15/h5-7,10,15,17H,3-4,8-9,11H2,1-2H3,(H,18,21). The number of carbonyl (C=O) groups excluding carboxylic acids is 2. The summed E-state index contributed by atoms with van der Waals surface area (Å²) in [7, 11) is 1.76. The topological polar surface area (TPSA) is 61.4 Å². The van der Waals surface area contributed by atoms with E-state index in [4.69, 9.17) is 0 Å². The first kappa shape index (κ1) is 15.5. The molecule has 0 saturated carbocycles. The molecule has 0 bridgehead atoms. The molecule has 114 valence electrons. The van der Waals surface area contributed by atoms with Crippen molar-refractivity contribution in [2.45, 2.75) is 38.8 Å². The molecule has 5 heteroatoms. The van der Waals surface area contributed by atoms with Crippen LogP contribution in [-0.2, 0) is 16.1 Å². The number of benzene rings is 1. The Hall–Kier alpha value is -1.88. The molecular weight excluding hydrogens is 266 g/mol. The van der Waals surface area contributed by atoms with Crippen LogP contribution in [0.1, 0.15) is 31.7 Å². The lowest BCUT2D eigenvalue weighted by atomic mass is 10.0. The van der Waals surface area contributed by atoms with Crippen LogP contribution in [0.2, 0.25) is 0 Å². The van der Waals surface area contributed by atoms with Gasteiger partial charge in [0.05, 0.1) is 6.04 Å². The molecule has 5 nitrogen and oxygen atoms in total. The lowest BCUT2D eigenvalue weighted by Gasteiger charge is -2.22. The molecule has 1 heterocycles. The van der Waals surface area contributed by atoms with Crippen LogP contribution in [0.5, 0.6) is 0 Å². The first-order chi connectivity index (χ1) is 10.1. The van der Waals surface area contributed by atoms with Gasteiger partial charge >= 0.3 is 0 Å². The second-order valence-corrected chi connectivity index (χ2v) is 5.57. The number of rotatable bonds is 4. The third-order valence-electron chi connectivity index (χ3n) is 3.78. The molecule has 2 amide bonds. The van der Waals surface area contributed by atoms with Gasteiger partial charge in [0.15, 0.2) is 0 Å². The largest absolute Gasteiger partial charge is 0.342 e. The molecule has 1 fully saturated rings. The Morgan fingerprint density at radius 1 is 1.38 bits per heavy atom. The molecule has 1 unspecified atom stereocenters. The zero-order valence-corrected chi connectivity index (χ0v) is 12.7. The lowest BCUT2D eigenvalue weighted by Crippen LogP contribution is -2.43. The smallest absolute Gasteiger partial charge is 0.241 e. The van der Waals surface area contributed by atoms with Crippen LogP contribution in [0.4, 0.5) is 5.69 Å². The Bertz CT molecular complexity index is 510. The van der Waals surface area contributed by atoms with Crippen LogP contribution in [0.3, 0.4) is 0 Å². The second-order valence-electron chi connectivity index (χ2n) is 5.57. The van der Waals surface area contributed by atoms with Crippen molar-refractivity contribution in [1.29, 1.82) is 0 Å². The molecule has 2 rings (SSSR count). The van der Waals surface area contributed by atoms with E-state index in [1.807, 2.05) is 24.3 Å². The predicted molar refractivity (Wildman–Crippen MR) is 82.9 cm³/mol. The van der Waals surface area contributed by atoms with Crippen molar-refractivity contribution < 1.29 is 9.59 Å². The number of hydrogen-bond acceptors (Lipinski definition) is 3. The molecular formula is C16H23N3O2. The summed E-state index contributed by atoms with van der Waals surface area (Å²) >= 11 is 0. The van der Waals surface area contributed by atoms with Gasteiger partial charge in [0.1, 0.15) is 0 Å². The van der Waals surface area contributed by atoms with Crippen LogP contribution >= 0.6 is 0 Å². The van der Waals surface area contributed by atoms with Crippen LogP contribution in [0.25, 0.3) is 0 Å². The summed E-state index contributed by atoms with van der Waals surface area (Å²) in [5, 5.41) is 6.19. The van der Waals surface area contributed by atoms with Crippen molar-refractivity contribution in [3.8, 4) is 0 Å². The maximum Gasteiger partial charge on any atom is 0.241 e. The van der Waals surface area contributed by atoms with E-state index in [1.54, 1.807) is 18.9 Å². The molecule has 1 aromatic carbocycles. The molecule has 0 radical (unpaired) electrons. The summed E-state index contributed by atoms with van der Waals surface area (Å²) < 4.78 is 0. The normalized spacial score (nSPS) is 18.1. The summed E-state index contributed by atoms with van der Waals surface area (Å²) in [4.78, 5) is 25.1. The van der Waals surface area contributed by atoms with Crippen molar-refractivity contribution in [1.82, 2.24) is 10.2 Å². The molecule has 1 atom stereocenters. The van der Waals surface area contributed by atoms with Crippen molar-refractivity contribution in [3.63, 3.8) is 0 Å². The van der Waals surface area contributed by atoms with Crippen molar-refractivity contribution in [2.75, 3.05) is 18.9 Å². The van der Waals surface area contributed by atoms with E-state index in [9.17, 15) is 9.59 Å². The number of anilines is 1. The van der Waals surface area contributed by atoms with Gasteiger partial charge in [0.2, 0.25) is 11.8 Å². The molecule has 0 spiro atoms. The van der Waals surface area contributed by atoms with E-state index in [1.165, 1.54) is 0 Å². The van der Waals surface area contributed by atoms with E-state index in [2.05, 4.69) is 10.6 Å². The fraction of sp³-hybridized carbons (Fsp3) is 0.500. The fourth-order valence-corrected chi connectivity index (χ4v) is 2.44. The van der Waals surface area contributed by atoms with Gasteiger partial charge in [-0.25, -0.2) is 0 Å². The number of amides is 2. The molecule has 1 aliphatic rings. The van der Waals surface area contributed by atoms with E-state index in [0.717, 1.165) is 37.1 Å². The van der Waals surface area contributed by atoms with Crippen molar-refractivity contribution in [2.24, 2.45) is 0 Å². The molecule has 0 aromatic heterocycles. The Labute approximate surface area is 125 Å². The minimum Gasteiger partial charge on any atom is -0.342 e. The monoisotopic (exact) mass is 289 g/mol. The van der Waals surface area contributed by atoms with Gasteiger partial charge in [-0.05, 0) is 37.1 Å². The van der Waals surface area contributed by atoms with Gasteiger partial charge in [-0.2, -0.15) is 0 Å². The van der Waals surface area contributed by atoms with E-state index in [-0.39, 0.29) is 17.9 Å². The first-order valence-corrected chi connectivity index (χ1v) is 7.41. The van der Waals surface area contributed by atoms with Crippen LogP contribution < -0.4 is 10.6 Å². The van der Waals surface area contributed by atoms with E-state index < -0.39 is 0 Å². The highest BCUT2D eigenvalue weighted by molar-refractivity contribution is 5.94. The summed E-state index contributed by atoms with van der Waals surface area (Å²) in [5.74, 6) is 0.0441. The highest BCUT2D eigenvalue weighted by Gasteiger charge is 2.20. The minimum absolute atomic E-state index is 0.0202. The number of hydrogen-bond donors (Lipinski definition) is 2. The van der Waals surface area contributed by atoms with E-state index in [0.29, 0.717) is 6.54 Å². The SMILES string of the molecule is CC(=O)N(C)Cc1cccc(NC(=O)C2CCCCN2)c1. The zero-order valence-electron chi connectivity index (χ0n) is 12.7. The van der Waals surface area contributed by atoms with Crippen LogP contribution in [0, 0.1) is 0 Å². The third-order valence-corrected chi connectivity index (χ3v) is 3.78. The van der Waals surface area contributed by atoms with Gasteiger partial charge in [0.25, 0.3) is 0 Å². The Balaban J connectivity index is 1.97. The quantitative estimate of drug-likeness (QED) is 0.887. The molecule has 1 saturated heterocycles. The highest BCUT2D eigenvalue weighted by atomic mass is 16.2. The highest BCUT2D eigenvalue weighted by Crippen LogP contribution is 2.14. The summed E-state index contributed by atoms with van der Waals surface area (Å²) in [6.07, 6.45) is 3.11. The molecule has 1 aliphatic heterocycles. The summed E-state index contributed by atoms with van der Waals surface area (Å²) in [5.41, 5.74) is 1.78. The molecule has 1 aromatic rings.